The summed E-state index contributed by atoms with van der Waals surface area (Å²) in [6.07, 6.45) is 0.875. The van der Waals surface area contributed by atoms with E-state index in [2.05, 4.69) is 15.9 Å². The van der Waals surface area contributed by atoms with Crippen molar-refractivity contribution in [3.8, 4) is 5.75 Å². The summed E-state index contributed by atoms with van der Waals surface area (Å²) in [6.45, 7) is 3.72. The van der Waals surface area contributed by atoms with Crippen LogP contribution in [0.1, 0.15) is 26.7 Å². The van der Waals surface area contributed by atoms with Gasteiger partial charge < -0.3 is 14.7 Å². The highest BCUT2D eigenvalue weighted by Gasteiger charge is 2.21. The second kappa shape index (κ2) is 8.67. The molecule has 1 aromatic rings. The van der Waals surface area contributed by atoms with E-state index in [0.717, 1.165) is 4.47 Å². The Bertz CT molecular complexity index is 475. The van der Waals surface area contributed by atoms with Crippen LogP contribution >= 0.6 is 15.9 Å². The van der Waals surface area contributed by atoms with Crippen LogP contribution in [0.5, 0.6) is 5.75 Å². The van der Waals surface area contributed by atoms with Gasteiger partial charge >= 0.3 is 5.97 Å². The largest absolute Gasteiger partial charge is 0.493 e. The maximum Gasteiger partial charge on any atom is 0.323 e. The molecular formula is C15H20BrNO4. The first-order chi connectivity index (χ1) is 9.93. The number of aliphatic carboxylic acids is 1. The fourth-order valence-electron chi connectivity index (χ4n) is 1.79. The smallest absolute Gasteiger partial charge is 0.323 e. The number of hydrogen-bond donors (Lipinski definition) is 1. The zero-order chi connectivity index (χ0) is 15.8. The average molecular weight is 358 g/mol. The summed E-state index contributed by atoms with van der Waals surface area (Å²) in [5.41, 5.74) is 0. The Morgan fingerprint density at radius 3 is 2.48 bits per heavy atom. The molecule has 1 amide bonds. The Labute approximate surface area is 133 Å². The van der Waals surface area contributed by atoms with E-state index in [1.807, 2.05) is 26.0 Å². The van der Waals surface area contributed by atoms with Crippen LogP contribution in [0.2, 0.25) is 0 Å². The monoisotopic (exact) mass is 357 g/mol. The number of amides is 1. The van der Waals surface area contributed by atoms with Crippen LogP contribution in [0.25, 0.3) is 0 Å². The van der Waals surface area contributed by atoms with Gasteiger partial charge in [0.1, 0.15) is 12.3 Å². The first kappa shape index (κ1) is 17.5. The lowest BCUT2D eigenvalue weighted by atomic mass is 10.2. The molecule has 0 fully saturated rings. The van der Waals surface area contributed by atoms with Crippen molar-refractivity contribution in [3.63, 3.8) is 0 Å². The second-order valence-corrected chi connectivity index (χ2v) is 5.64. The number of carboxylic acid groups (broad SMARTS) is 1. The van der Waals surface area contributed by atoms with Crippen molar-refractivity contribution in [2.24, 2.45) is 0 Å². The number of nitrogens with zero attached hydrogens (tertiary/aromatic N) is 1. The number of halogens is 1. The lowest BCUT2D eigenvalue weighted by Crippen LogP contribution is -2.42. The van der Waals surface area contributed by atoms with Crippen molar-refractivity contribution in [1.29, 1.82) is 0 Å². The molecule has 21 heavy (non-hydrogen) atoms. The molecule has 1 atom stereocenters. The predicted octanol–water partition coefficient (Wildman–Crippen LogP) is 2.93. The quantitative estimate of drug-likeness (QED) is 0.776. The summed E-state index contributed by atoms with van der Waals surface area (Å²) in [4.78, 5) is 24.3. The Kier molecular flexibility index (Phi) is 7.22. The van der Waals surface area contributed by atoms with Gasteiger partial charge in [-0.1, -0.05) is 22.9 Å². The van der Waals surface area contributed by atoms with Crippen LogP contribution < -0.4 is 4.74 Å². The zero-order valence-corrected chi connectivity index (χ0v) is 13.8. The summed E-state index contributed by atoms with van der Waals surface area (Å²) < 4.78 is 6.44. The molecule has 5 nitrogen and oxygen atoms in total. The molecule has 0 heterocycles. The Balaban J connectivity index is 2.49. The summed E-state index contributed by atoms with van der Waals surface area (Å²) in [5.74, 6) is -0.527. The molecule has 0 aliphatic carbocycles. The van der Waals surface area contributed by atoms with Gasteiger partial charge in [-0.15, -0.1) is 0 Å². The van der Waals surface area contributed by atoms with Crippen LogP contribution in [0.4, 0.5) is 0 Å². The molecule has 1 rings (SSSR count). The van der Waals surface area contributed by atoms with E-state index in [-0.39, 0.29) is 31.5 Å². The van der Waals surface area contributed by atoms with Crippen molar-refractivity contribution in [1.82, 2.24) is 4.90 Å². The number of carbonyl (C=O) groups excluding carboxylic acids is 1. The third-order valence-corrected chi connectivity index (χ3v) is 3.68. The maximum atomic E-state index is 12.1. The molecule has 0 spiro atoms. The Hall–Kier alpha value is -1.56. The van der Waals surface area contributed by atoms with Gasteiger partial charge in [-0.3, -0.25) is 9.59 Å². The number of ether oxygens (including phenoxy) is 1. The summed E-state index contributed by atoms with van der Waals surface area (Å²) >= 11 is 3.33. The van der Waals surface area contributed by atoms with E-state index in [1.54, 1.807) is 12.1 Å². The third kappa shape index (κ3) is 6.16. The molecule has 0 saturated carbocycles. The first-order valence-electron chi connectivity index (χ1n) is 6.83. The Morgan fingerprint density at radius 1 is 1.33 bits per heavy atom. The average Bonchev–Trinajstić information content (AvgIpc) is 2.45. The number of carbonyl (C=O) groups is 2. The van der Waals surface area contributed by atoms with Crippen LogP contribution in [0.15, 0.2) is 28.7 Å². The minimum atomic E-state index is -1.00. The van der Waals surface area contributed by atoms with Gasteiger partial charge in [0.25, 0.3) is 0 Å². The van der Waals surface area contributed by atoms with E-state index in [4.69, 9.17) is 9.84 Å². The summed E-state index contributed by atoms with van der Waals surface area (Å²) in [6, 6.07) is 7.22. The minimum Gasteiger partial charge on any atom is -0.493 e. The lowest BCUT2D eigenvalue weighted by Gasteiger charge is -2.27. The zero-order valence-electron chi connectivity index (χ0n) is 12.2. The highest BCUT2D eigenvalue weighted by atomic mass is 79.9. The first-order valence-corrected chi connectivity index (χ1v) is 7.63. The Morgan fingerprint density at radius 2 is 1.95 bits per heavy atom. The molecule has 116 valence electrons. The number of hydrogen-bond acceptors (Lipinski definition) is 3. The predicted molar refractivity (Wildman–Crippen MR) is 83.4 cm³/mol. The second-order valence-electron chi connectivity index (χ2n) is 4.73. The number of rotatable bonds is 8. The van der Waals surface area contributed by atoms with Crippen molar-refractivity contribution in [3.05, 3.63) is 28.7 Å². The summed E-state index contributed by atoms with van der Waals surface area (Å²) in [5, 5.41) is 8.88. The molecule has 0 radical (unpaired) electrons. The van der Waals surface area contributed by atoms with Gasteiger partial charge in [0.05, 0.1) is 13.0 Å². The molecule has 1 N–H and O–H groups in total. The molecule has 0 saturated heterocycles. The molecule has 6 heteroatoms. The van der Waals surface area contributed by atoms with E-state index in [9.17, 15) is 9.59 Å². The van der Waals surface area contributed by atoms with E-state index < -0.39 is 5.97 Å². The maximum absolute atomic E-state index is 12.1. The van der Waals surface area contributed by atoms with Crippen LogP contribution in [0, 0.1) is 0 Å². The summed E-state index contributed by atoms with van der Waals surface area (Å²) in [7, 11) is 0. The molecule has 0 aliphatic rings. The molecule has 1 aromatic carbocycles. The van der Waals surface area contributed by atoms with Gasteiger partial charge in [0.15, 0.2) is 0 Å². The van der Waals surface area contributed by atoms with E-state index in [0.29, 0.717) is 12.2 Å². The van der Waals surface area contributed by atoms with Crippen molar-refractivity contribution in [2.75, 3.05) is 13.2 Å². The topological polar surface area (TPSA) is 66.8 Å². The van der Waals surface area contributed by atoms with Gasteiger partial charge in [-0.25, -0.2) is 0 Å². The van der Waals surface area contributed by atoms with Gasteiger partial charge in [0.2, 0.25) is 5.91 Å². The standard InChI is InChI=1S/C15H20BrNO4/c1-3-11(2)17(10-15(19)20)14(18)8-9-21-13-6-4-12(16)5-7-13/h4-7,11H,3,8-10H2,1-2H3,(H,19,20). The minimum absolute atomic E-state index is 0.0960. The van der Waals surface area contributed by atoms with Gasteiger partial charge in [-0.05, 0) is 37.6 Å². The number of benzene rings is 1. The molecular weight excluding hydrogens is 338 g/mol. The van der Waals surface area contributed by atoms with Crippen molar-refractivity contribution < 1.29 is 19.4 Å². The fourth-order valence-corrected chi connectivity index (χ4v) is 2.05. The molecule has 0 bridgehead atoms. The van der Waals surface area contributed by atoms with Gasteiger partial charge in [0, 0.05) is 10.5 Å². The normalized spacial score (nSPS) is 11.8. The fraction of sp³-hybridized carbons (Fsp3) is 0.467. The van der Waals surface area contributed by atoms with Gasteiger partial charge in [-0.2, -0.15) is 0 Å². The molecule has 0 aliphatic heterocycles. The highest BCUT2D eigenvalue weighted by Crippen LogP contribution is 2.16. The molecule has 0 aromatic heterocycles. The van der Waals surface area contributed by atoms with Crippen LogP contribution in [-0.2, 0) is 9.59 Å². The highest BCUT2D eigenvalue weighted by molar-refractivity contribution is 9.10. The third-order valence-electron chi connectivity index (χ3n) is 3.15. The number of carboxylic acids is 1. The SMILES string of the molecule is CCC(C)N(CC(=O)O)C(=O)CCOc1ccc(Br)cc1. The van der Waals surface area contributed by atoms with Crippen LogP contribution in [0.3, 0.4) is 0 Å². The van der Waals surface area contributed by atoms with Crippen molar-refractivity contribution in [2.45, 2.75) is 32.7 Å². The van der Waals surface area contributed by atoms with Crippen LogP contribution in [-0.4, -0.2) is 41.1 Å². The lowest BCUT2D eigenvalue weighted by molar-refractivity contribution is -0.146. The van der Waals surface area contributed by atoms with E-state index >= 15 is 0 Å². The molecule has 1 unspecified atom stereocenters. The van der Waals surface area contributed by atoms with Crippen molar-refractivity contribution >= 4 is 27.8 Å². The van der Waals surface area contributed by atoms with E-state index in [1.165, 1.54) is 4.90 Å².